The molecule has 0 bridgehead atoms. The number of anilines is 1. The SMILES string of the molecule is O=C(c1ccc(N2CCC(CC3CCN(C4CCC4)CC3)CC2)cc1)C(F)(F)F. The molecule has 1 aliphatic carbocycles. The third-order valence-electron chi connectivity index (χ3n) is 7.27. The summed E-state index contributed by atoms with van der Waals surface area (Å²) in [6, 6.07) is 6.77. The van der Waals surface area contributed by atoms with Gasteiger partial charge in [0, 0.05) is 30.4 Å². The predicted octanol–water partition coefficient (Wildman–Crippen LogP) is 5.30. The number of nitrogens with zero attached hydrogens (tertiary/aromatic N) is 2. The molecule has 4 rings (SSSR count). The van der Waals surface area contributed by atoms with Crippen LogP contribution in [0.25, 0.3) is 0 Å². The molecule has 3 nitrogen and oxygen atoms in total. The predicted molar refractivity (Wildman–Crippen MR) is 108 cm³/mol. The summed E-state index contributed by atoms with van der Waals surface area (Å²) in [6.07, 6.45) is 5.68. The molecule has 0 aromatic heterocycles. The van der Waals surface area contributed by atoms with E-state index in [2.05, 4.69) is 9.80 Å². The highest BCUT2D eigenvalue weighted by Crippen LogP contribution is 2.34. The monoisotopic (exact) mass is 408 g/mol. The van der Waals surface area contributed by atoms with Crippen LogP contribution in [0.4, 0.5) is 18.9 Å². The Hall–Kier alpha value is -1.56. The summed E-state index contributed by atoms with van der Waals surface area (Å²) in [5.74, 6) is -0.153. The van der Waals surface area contributed by atoms with Gasteiger partial charge in [-0.3, -0.25) is 4.79 Å². The van der Waals surface area contributed by atoms with Gasteiger partial charge in [-0.15, -0.1) is 0 Å². The van der Waals surface area contributed by atoms with E-state index >= 15 is 0 Å². The molecule has 6 heteroatoms. The van der Waals surface area contributed by atoms with E-state index in [0.29, 0.717) is 0 Å². The van der Waals surface area contributed by atoms with Gasteiger partial charge in [-0.2, -0.15) is 13.2 Å². The average molecular weight is 409 g/mol. The van der Waals surface area contributed by atoms with Gasteiger partial charge in [0.1, 0.15) is 0 Å². The Morgan fingerprint density at radius 2 is 1.41 bits per heavy atom. The van der Waals surface area contributed by atoms with Crippen LogP contribution >= 0.6 is 0 Å². The van der Waals surface area contributed by atoms with Gasteiger partial charge in [0.15, 0.2) is 0 Å². The van der Waals surface area contributed by atoms with E-state index in [1.807, 2.05) is 0 Å². The number of ketones is 1. The first-order valence-corrected chi connectivity index (χ1v) is 11.1. The molecule has 0 atom stereocenters. The second-order valence-electron chi connectivity index (χ2n) is 9.10. The van der Waals surface area contributed by atoms with Crippen LogP contribution in [-0.2, 0) is 0 Å². The number of carbonyl (C=O) groups excluding carboxylic acids is 1. The lowest BCUT2D eigenvalue weighted by Gasteiger charge is -2.43. The molecule has 29 heavy (non-hydrogen) atoms. The van der Waals surface area contributed by atoms with Gasteiger partial charge in [0.25, 0.3) is 5.78 Å². The highest BCUT2D eigenvalue weighted by Gasteiger charge is 2.39. The zero-order valence-corrected chi connectivity index (χ0v) is 17.0. The van der Waals surface area contributed by atoms with Gasteiger partial charge in [0.05, 0.1) is 0 Å². The Bertz CT molecular complexity index is 683. The molecule has 1 aromatic carbocycles. The standard InChI is InChI=1S/C23H31F3N2O/c24-23(25,26)22(29)19-4-6-21(7-5-19)28-14-10-18(11-15-28)16-17-8-12-27(13-9-17)20-2-1-3-20/h4-7,17-18,20H,1-3,8-16H2. The number of rotatable bonds is 5. The number of benzene rings is 1. The van der Waals surface area contributed by atoms with E-state index < -0.39 is 12.0 Å². The summed E-state index contributed by atoms with van der Waals surface area (Å²) in [5.41, 5.74) is 0.625. The zero-order chi connectivity index (χ0) is 20.4. The first kappa shape index (κ1) is 20.7. The van der Waals surface area contributed by atoms with Crippen molar-refractivity contribution in [2.24, 2.45) is 11.8 Å². The summed E-state index contributed by atoms with van der Waals surface area (Å²) in [6.45, 7) is 4.44. The number of alkyl halides is 3. The van der Waals surface area contributed by atoms with Crippen molar-refractivity contribution in [1.82, 2.24) is 4.90 Å². The van der Waals surface area contributed by atoms with Gasteiger partial charge < -0.3 is 9.80 Å². The quantitative estimate of drug-likeness (QED) is 0.618. The molecule has 0 unspecified atom stereocenters. The van der Waals surface area contributed by atoms with Crippen molar-refractivity contribution in [2.45, 2.75) is 63.6 Å². The Morgan fingerprint density at radius 3 is 1.90 bits per heavy atom. The van der Waals surface area contributed by atoms with E-state index in [-0.39, 0.29) is 5.56 Å². The third kappa shape index (κ3) is 4.96. The maximum absolute atomic E-state index is 12.5. The van der Waals surface area contributed by atoms with Crippen LogP contribution in [0, 0.1) is 11.8 Å². The van der Waals surface area contributed by atoms with Crippen molar-refractivity contribution in [3.8, 4) is 0 Å². The molecular weight excluding hydrogens is 377 g/mol. The summed E-state index contributed by atoms with van der Waals surface area (Å²) < 4.78 is 37.6. The van der Waals surface area contributed by atoms with Crippen LogP contribution in [0.5, 0.6) is 0 Å². The lowest BCUT2D eigenvalue weighted by molar-refractivity contribution is -0.0885. The lowest BCUT2D eigenvalue weighted by Crippen LogP contribution is -2.45. The van der Waals surface area contributed by atoms with Crippen LogP contribution in [0.3, 0.4) is 0 Å². The van der Waals surface area contributed by atoms with Gasteiger partial charge in [-0.25, -0.2) is 0 Å². The summed E-state index contributed by atoms with van der Waals surface area (Å²) in [5, 5.41) is 0. The first-order chi connectivity index (χ1) is 13.9. The van der Waals surface area contributed by atoms with Crippen molar-refractivity contribution >= 4 is 11.5 Å². The van der Waals surface area contributed by atoms with E-state index in [1.165, 1.54) is 63.7 Å². The molecule has 1 saturated carbocycles. The molecule has 3 fully saturated rings. The Balaban J connectivity index is 1.22. The molecule has 2 aliphatic heterocycles. The maximum Gasteiger partial charge on any atom is 0.454 e. The number of carbonyl (C=O) groups is 1. The largest absolute Gasteiger partial charge is 0.454 e. The minimum absolute atomic E-state index is 0.288. The van der Waals surface area contributed by atoms with E-state index in [4.69, 9.17) is 0 Å². The number of likely N-dealkylation sites (tertiary alicyclic amines) is 1. The molecule has 0 radical (unpaired) electrons. The van der Waals surface area contributed by atoms with Crippen molar-refractivity contribution in [2.75, 3.05) is 31.1 Å². The topological polar surface area (TPSA) is 23.6 Å². The molecule has 2 heterocycles. The number of Topliss-reactive ketones (excluding diaryl/α,β-unsaturated/α-hetero) is 1. The Morgan fingerprint density at radius 1 is 0.862 bits per heavy atom. The van der Waals surface area contributed by atoms with Gasteiger partial charge in [-0.1, -0.05) is 6.42 Å². The summed E-state index contributed by atoms with van der Waals surface area (Å²) >= 11 is 0. The first-order valence-electron chi connectivity index (χ1n) is 11.1. The van der Waals surface area contributed by atoms with Crippen molar-refractivity contribution in [3.63, 3.8) is 0 Å². The zero-order valence-electron chi connectivity index (χ0n) is 17.0. The highest BCUT2D eigenvalue weighted by atomic mass is 19.4. The fourth-order valence-corrected chi connectivity index (χ4v) is 5.19. The molecule has 1 aromatic rings. The average Bonchev–Trinajstić information content (AvgIpc) is 2.68. The van der Waals surface area contributed by atoms with Crippen LogP contribution < -0.4 is 4.90 Å². The molecule has 0 amide bonds. The Kier molecular flexibility index (Phi) is 6.19. The maximum atomic E-state index is 12.5. The number of hydrogen-bond acceptors (Lipinski definition) is 3. The summed E-state index contributed by atoms with van der Waals surface area (Å²) in [7, 11) is 0. The number of halogens is 3. The van der Waals surface area contributed by atoms with Crippen molar-refractivity contribution < 1.29 is 18.0 Å². The smallest absolute Gasteiger partial charge is 0.372 e. The van der Waals surface area contributed by atoms with Crippen molar-refractivity contribution in [3.05, 3.63) is 29.8 Å². The number of piperidine rings is 2. The lowest BCUT2D eigenvalue weighted by atomic mass is 9.81. The van der Waals surface area contributed by atoms with Crippen LogP contribution in [-0.4, -0.2) is 49.1 Å². The number of hydrogen-bond donors (Lipinski definition) is 0. The van der Waals surface area contributed by atoms with Crippen LogP contribution in [0.15, 0.2) is 24.3 Å². The van der Waals surface area contributed by atoms with Crippen LogP contribution in [0.2, 0.25) is 0 Å². The minimum Gasteiger partial charge on any atom is -0.372 e. The van der Waals surface area contributed by atoms with E-state index in [9.17, 15) is 18.0 Å². The Labute approximate surface area is 171 Å². The third-order valence-corrected chi connectivity index (χ3v) is 7.27. The van der Waals surface area contributed by atoms with E-state index in [1.54, 1.807) is 12.1 Å². The normalized spacial score (nSPS) is 23.2. The van der Waals surface area contributed by atoms with Gasteiger partial charge in [0.2, 0.25) is 0 Å². The van der Waals surface area contributed by atoms with Gasteiger partial charge in [-0.05, 0) is 94.1 Å². The van der Waals surface area contributed by atoms with E-state index in [0.717, 1.165) is 49.5 Å². The molecular formula is C23H31F3N2O. The second kappa shape index (κ2) is 8.66. The van der Waals surface area contributed by atoms with Gasteiger partial charge >= 0.3 is 6.18 Å². The summed E-state index contributed by atoms with van der Waals surface area (Å²) in [4.78, 5) is 16.3. The fourth-order valence-electron chi connectivity index (χ4n) is 5.19. The molecule has 2 saturated heterocycles. The van der Waals surface area contributed by atoms with Crippen LogP contribution in [0.1, 0.15) is 61.7 Å². The second-order valence-corrected chi connectivity index (χ2v) is 9.10. The molecule has 0 N–H and O–H groups in total. The minimum atomic E-state index is -4.81. The molecule has 0 spiro atoms. The molecule has 3 aliphatic rings. The molecule has 160 valence electrons. The van der Waals surface area contributed by atoms with Crippen molar-refractivity contribution in [1.29, 1.82) is 0 Å². The highest BCUT2D eigenvalue weighted by molar-refractivity contribution is 6.00. The fraction of sp³-hybridized carbons (Fsp3) is 0.696.